The number of ether oxygens (including phenoxy) is 3. The zero-order valence-electron chi connectivity index (χ0n) is 42.5. The summed E-state index contributed by atoms with van der Waals surface area (Å²) in [7, 11) is 0. The quantitative estimate of drug-likeness (QED) is 0.0199. The van der Waals surface area contributed by atoms with E-state index in [1.807, 2.05) is 0 Å². The van der Waals surface area contributed by atoms with E-state index in [2.05, 4.69) is 106 Å². The fourth-order valence-corrected chi connectivity index (χ4v) is 7.30. The monoisotopic (exact) mass is 905 g/mol. The van der Waals surface area contributed by atoms with Gasteiger partial charge in [0.1, 0.15) is 13.2 Å². The number of hydrogen-bond donors (Lipinski definition) is 0. The minimum absolute atomic E-state index is 0.0992. The molecular formula is C59H100O6. The molecular weight excluding hydrogens is 805 g/mol. The van der Waals surface area contributed by atoms with Gasteiger partial charge in [-0.3, -0.25) is 14.4 Å². The molecule has 0 bridgehead atoms. The fraction of sp³-hybridized carbons (Fsp3) is 0.712. The molecule has 0 aromatic carbocycles. The fourth-order valence-electron chi connectivity index (χ4n) is 7.30. The van der Waals surface area contributed by atoms with Crippen molar-refractivity contribution < 1.29 is 28.6 Å². The molecule has 0 amide bonds. The molecule has 0 aromatic heterocycles. The van der Waals surface area contributed by atoms with Crippen molar-refractivity contribution in [2.75, 3.05) is 13.2 Å². The highest BCUT2D eigenvalue weighted by Crippen LogP contribution is 2.14. The second-order valence-electron chi connectivity index (χ2n) is 17.8. The van der Waals surface area contributed by atoms with Gasteiger partial charge in [-0.1, -0.05) is 209 Å². The first kappa shape index (κ1) is 61.6. The number of carbonyl (C=O) groups is 3. The Kier molecular flexibility index (Phi) is 50.4. The Morgan fingerprint density at radius 3 is 1.08 bits per heavy atom. The summed E-state index contributed by atoms with van der Waals surface area (Å²) in [6, 6.07) is 0. The van der Waals surface area contributed by atoms with Crippen LogP contribution in [0.5, 0.6) is 0 Å². The Balaban J connectivity index is 4.47. The van der Waals surface area contributed by atoms with E-state index in [-0.39, 0.29) is 37.5 Å². The molecule has 0 aliphatic rings. The summed E-state index contributed by atoms with van der Waals surface area (Å²) < 4.78 is 16.8. The molecule has 0 fully saturated rings. The normalized spacial score (nSPS) is 12.7. The van der Waals surface area contributed by atoms with Crippen molar-refractivity contribution in [1.82, 2.24) is 0 Å². The van der Waals surface area contributed by atoms with Crippen LogP contribution in [0.25, 0.3) is 0 Å². The maximum Gasteiger partial charge on any atom is 0.306 e. The topological polar surface area (TPSA) is 78.9 Å². The lowest BCUT2D eigenvalue weighted by molar-refractivity contribution is -0.167. The van der Waals surface area contributed by atoms with E-state index < -0.39 is 6.10 Å². The van der Waals surface area contributed by atoms with Crippen LogP contribution < -0.4 is 0 Å². The first-order valence-electron chi connectivity index (χ1n) is 27.1. The number of esters is 3. The summed E-state index contributed by atoms with van der Waals surface area (Å²) in [5, 5.41) is 0. The highest BCUT2D eigenvalue weighted by molar-refractivity contribution is 5.71. The van der Waals surface area contributed by atoms with E-state index in [1.54, 1.807) is 0 Å². The van der Waals surface area contributed by atoms with Crippen molar-refractivity contribution in [2.45, 2.75) is 258 Å². The molecule has 372 valence electrons. The van der Waals surface area contributed by atoms with Gasteiger partial charge in [-0.2, -0.15) is 0 Å². The number of rotatable bonds is 48. The maximum atomic E-state index is 12.8. The molecule has 0 aliphatic heterocycles. The Labute approximate surface area is 401 Å². The van der Waals surface area contributed by atoms with Crippen LogP contribution in [0.1, 0.15) is 252 Å². The lowest BCUT2D eigenvalue weighted by atomic mass is 10.1. The molecule has 6 nitrogen and oxygen atoms in total. The third-order valence-electron chi connectivity index (χ3n) is 11.4. The largest absolute Gasteiger partial charge is 0.462 e. The standard InChI is InChI=1S/C59H100O6/c1-4-7-10-13-16-19-22-25-28-30-32-34-37-40-43-46-49-52-58(61)64-55-56(54-63-57(60)51-48-45-42-39-36-33-27-24-21-18-15-12-9-6-3)65-59(62)53-50-47-44-41-38-35-31-29-26-23-20-17-14-11-8-5-2/h9,12,16,18-19,21,25,27-29,31,33,35,38,56H,4-8,10-11,13-15,17,20,22-24,26,30,32,34,36-37,39-55H2,1-3H3/b12-9-,19-16-,21-18-,28-25-,31-29-,33-27-,38-35-. The van der Waals surface area contributed by atoms with Gasteiger partial charge < -0.3 is 14.2 Å². The van der Waals surface area contributed by atoms with E-state index >= 15 is 0 Å². The summed E-state index contributed by atoms with van der Waals surface area (Å²) in [6.07, 6.45) is 68.5. The van der Waals surface area contributed by atoms with Gasteiger partial charge in [0.25, 0.3) is 0 Å². The first-order chi connectivity index (χ1) is 32.0. The summed E-state index contributed by atoms with van der Waals surface area (Å²) >= 11 is 0. The van der Waals surface area contributed by atoms with Crippen molar-refractivity contribution in [1.29, 1.82) is 0 Å². The average Bonchev–Trinajstić information content (AvgIpc) is 3.30. The highest BCUT2D eigenvalue weighted by Gasteiger charge is 2.19. The third kappa shape index (κ3) is 51.4. The molecule has 0 rings (SSSR count). The van der Waals surface area contributed by atoms with Crippen LogP contribution in [0.2, 0.25) is 0 Å². The Hall–Kier alpha value is -3.41. The van der Waals surface area contributed by atoms with Crippen molar-refractivity contribution in [3.05, 3.63) is 85.1 Å². The predicted molar refractivity (Wildman–Crippen MR) is 279 cm³/mol. The maximum absolute atomic E-state index is 12.8. The van der Waals surface area contributed by atoms with Crippen LogP contribution in [0, 0.1) is 0 Å². The number of hydrogen-bond acceptors (Lipinski definition) is 6. The molecule has 65 heavy (non-hydrogen) atoms. The third-order valence-corrected chi connectivity index (χ3v) is 11.4. The van der Waals surface area contributed by atoms with Crippen molar-refractivity contribution in [2.24, 2.45) is 0 Å². The van der Waals surface area contributed by atoms with Crippen LogP contribution >= 0.6 is 0 Å². The number of allylic oxidation sites excluding steroid dienone is 14. The zero-order chi connectivity index (χ0) is 47.2. The SMILES string of the molecule is CC/C=C\C/C=C\C/C=C\CCCCCCC(=O)OCC(COC(=O)CCCCCCCCC/C=C\C/C=C\CCCCC)OC(=O)CCCCC/C=C\C=C/CCCCCCCCC. The minimum Gasteiger partial charge on any atom is -0.462 e. The molecule has 0 aromatic rings. The summed E-state index contributed by atoms with van der Waals surface area (Å²) in [5.41, 5.74) is 0. The van der Waals surface area contributed by atoms with Crippen LogP contribution in [-0.4, -0.2) is 37.2 Å². The summed E-state index contributed by atoms with van der Waals surface area (Å²) in [6.45, 7) is 6.45. The van der Waals surface area contributed by atoms with Crippen molar-refractivity contribution >= 4 is 17.9 Å². The molecule has 0 N–H and O–H groups in total. The van der Waals surface area contributed by atoms with Gasteiger partial charge in [-0.05, 0) is 109 Å². The van der Waals surface area contributed by atoms with Crippen molar-refractivity contribution in [3.63, 3.8) is 0 Å². The summed E-state index contributed by atoms with van der Waals surface area (Å²) in [5.74, 6) is -0.954. The van der Waals surface area contributed by atoms with Gasteiger partial charge in [0.05, 0.1) is 0 Å². The lowest BCUT2D eigenvalue weighted by Crippen LogP contribution is -2.30. The van der Waals surface area contributed by atoms with Gasteiger partial charge in [0.15, 0.2) is 6.10 Å². The van der Waals surface area contributed by atoms with E-state index in [0.29, 0.717) is 12.8 Å². The van der Waals surface area contributed by atoms with Gasteiger partial charge >= 0.3 is 17.9 Å². The van der Waals surface area contributed by atoms with E-state index in [0.717, 1.165) is 116 Å². The number of unbranched alkanes of at least 4 members (excludes halogenated alkanes) is 24. The second kappa shape index (κ2) is 53.2. The van der Waals surface area contributed by atoms with E-state index in [9.17, 15) is 14.4 Å². The smallest absolute Gasteiger partial charge is 0.306 e. The zero-order valence-corrected chi connectivity index (χ0v) is 42.5. The van der Waals surface area contributed by atoms with E-state index in [4.69, 9.17) is 14.2 Å². The molecule has 0 aliphatic carbocycles. The molecule has 0 radical (unpaired) electrons. The molecule has 0 heterocycles. The van der Waals surface area contributed by atoms with Crippen LogP contribution in [0.15, 0.2) is 85.1 Å². The average molecular weight is 905 g/mol. The molecule has 0 spiro atoms. The lowest BCUT2D eigenvalue weighted by Gasteiger charge is -2.18. The molecule has 1 atom stereocenters. The molecule has 6 heteroatoms. The van der Waals surface area contributed by atoms with Gasteiger partial charge in [0, 0.05) is 19.3 Å². The summed E-state index contributed by atoms with van der Waals surface area (Å²) in [4.78, 5) is 38.0. The molecule has 1 unspecified atom stereocenters. The van der Waals surface area contributed by atoms with Crippen LogP contribution in [-0.2, 0) is 28.6 Å². The van der Waals surface area contributed by atoms with Crippen LogP contribution in [0.3, 0.4) is 0 Å². The minimum atomic E-state index is -0.803. The number of carbonyl (C=O) groups excluding carboxylic acids is 3. The Bertz CT molecular complexity index is 1270. The second-order valence-corrected chi connectivity index (χ2v) is 17.8. The highest BCUT2D eigenvalue weighted by atomic mass is 16.6. The van der Waals surface area contributed by atoms with E-state index in [1.165, 1.54) is 96.3 Å². The molecule has 0 saturated carbocycles. The van der Waals surface area contributed by atoms with Crippen molar-refractivity contribution in [3.8, 4) is 0 Å². The Morgan fingerprint density at radius 2 is 0.646 bits per heavy atom. The first-order valence-corrected chi connectivity index (χ1v) is 27.1. The van der Waals surface area contributed by atoms with Gasteiger partial charge in [-0.15, -0.1) is 0 Å². The Morgan fingerprint density at radius 1 is 0.338 bits per heavy atom. The predicted octanol–water partition coefficient (Wildman–Crippen LogP) is 18.0. The van der Waals surface area contributed by atoms with Gasteiger partial charge in [-0.25, -0.2) is 0 Å². The van der Waals surface area contributed by atoms with Crippen LogP contribution in [0.4, 0.5) is 0 Å². The van der Waals surface area contributed by atoms with Gasteiger partial charge in [0.2, 0.25) is 0 Å². The molecule has 0 saturated heterocycles.